The first-order chi connectivity index (χ1) is 7.30. The highest BCUT2D eigenvalue weighted by molar-refractivity contribution is 5.95. The maximum absolute atomic E-state index is 12.3. The van der Waals surface area contributed by atoms with Crippen LogP contribution in [0.15, 0.2) is 36.5 Å². The number of rotatable bonds is 2. The second kappa shape index (κ2) is 4.38. The van der Waals surface area contributed by atoms with E-state index < -0.39 is 17.6 Å². The van der Waals surface area contributed by atoms with Crippen LogP contribution in [0.5, 0.6) is 0 Å². The largest absolute Gasteiger partial charge is 0.416 e. The third kappa shape index (κ3) is 3.12. The molecule has 0 radical (unpaired) electrons. The third-order valence-corrected chi connectivity index (χ3v) is 1.78. The van der Waals surface area contributed by atoms with Gasteiger partial charge in [0.05, 0.1) is 5.56 Å². The summed E-state index contributed by atoms with van der Waals surface area (Å²) < 4.78 is 37.0. The molecule has 0 aliphatic carbocycles. The smallest absolute Gasteiger partial charge is 0.327 e. The molecule has 0 fully saturated rings. The Morgan fingerprint density at radius 2 is 2.00 bits per heavy atom. The minimum Gasteiger partial charge on any atom is -0.327 e. The van der Waals surface area contributed by atoms with Crippen molar-refractivity contribution >= 4 is 5.91 Å². The van der Waals surface area contributed by atoms with Gasteiger partial charge in [0, 0.05) is 11.3 Å². The number of allylic oxidation sites excluding steroid dienone is 1. The molecule has 0 atom stereocenters. The number of amides is 1. The average Bonchev–Trinajstić information content (AvgIpc) is 2.15. The highest BCUT2D eigenvalue weighted by Crippen LogP contribution is 2.29. The standard InChI is InChI=1S/C11H10F3NO/c1-7(2)15-10(16)8-4-3-5-9(6-8)11(12,13)14/h3-6H,1H2,2H3,(H,15,16). The molecule has 0 aromatic heterocycles. The van der Waals surface area contributed by atoms with Gasteiger partial charge in [0.2, 0.25) is 0 Å². The summed E-state index contributed by atoms with van der Waals surface area (Å²) in [6, 6.07) is 4.22. The molecule has 0 heterocycles. The Morgan fingerprint density at radius 1 is 1.38 bits per heavy atom. The molecule has 0 saturated heterocycles. The van der Waals surface area contributed by atoms with Crippen LogP contribution < -0.4 is 5.32 Å². The summed E-state index contributed by atoms with van der Waals surface area (Å²) in [7, 11) is 0. The van der Waals surface area contributed by atoms with E-state index in [9.17, 15) is 18.0 Å². The van der Waals surface area contributed by atoms with E-state index in [2.05, 4.69) is 11.9 Å². The van der Waals surface area contributed by atoms with E-state index in [0.29, 0.717) is 5.70 Å². The molecule has 86 valence electrons. The number of benzene rings is 1. The Kier molecular flexibility index (Phi) is 3.37. The summed E-state index contributed by atoms with van der Waals surface area (Å²) in [5, 5.41) is 2.34. The molecule has 1 aromatic carbocycles. The van der Waals surface area contributed by atoms with Crippen LogP contribution in [0.4, 0.5) is 13.2 Å². The van der Waals surface area contributed by atoms with E-state index in [0.717, 1.165) is 12.1 Å². The first kappa shape index (κ1) is 12.3. The van der Waals surface area contributed by atoms with Gasteiger partial charge in [-0.25, -0.2) is 0 Å². The fraction of sp³-hybridized carbons (Fsp3) is 0.182. The number of nitrogens with one attached hydrogen (secondary N) is 1. The van der Waals surface area contributed by atoms with Crippen molar-refractivity contribution < 1.29 is 18.0 Å². The molecule has 0 saturated carbocycles. The molecule has 2 nitrogen and oxygen atoms in total. The van der Waals surface area contributed by atoms with Gasteiger partial charge < -0.3 is 5.32 Å². The lowest BCUT2D eigenvalue weighted by molar-refractivity contribution is -0.137. The lowest BCUT2D eigenvalue weighted by Gasteiger charge is -2.08. The van der Waals surface area contributed by atoms with Gasteiger partial charge in [-0.3, -0.25) is 4.79 Å². The summed E-state index contributed by atoms with van der Waals surface area (Å²) in [4.78, 5) is 11.4. The third-order valence-electron chi connectivity index (χ3n) is 1.78. The van der Waals surface area contributed by atoms with Crippen molar-refractivity contribution in [2.24, 2.45) is 0 Å². The maximum atomic E-state index is 12.3. The zero-order valence-electron chi connectivity index (χ0n) is 8.56. The van der Waals surface area contributed by atoms with Gasteiger partial charge in [0.15, 0.2) is 0 Å². The molecule has 1 aromatic rings. The highest BCUT2D eigenvalue weighted by Gasteiger charge is 2.30. The van der Waals surface area contributed by atoms with Crippen LogP contribution in [-0.2, 0) is 6.18 Å². The fourth-order valence-corrected chi connectivity index (χ4v) is 1.10. The quantitative estimate of drug-likeness (QED) is 0.829. The summed E-state index contributed by atoms with van der Waals surface area (Å²) in [5.74, 6) is -0.599. The summed E-state index contributed by atoms with van der Waals surface area (Å²) in [6.45, 7) is 4.98. The van der Waals surface area contributed by atoms with E-state index in [4.69, 9.17) is 0 Å². The molecule has 1 N–H and O–H groups in total. The molecule has 0 unspecified atom stereocenters. The first-order valence-electron chi connectivity index (χ1n) is 4.45. The van der Waals surface area contributed by atoms with Crippen molar-refractivity contribution in [1.82, 2.24) is 5.32 Å². The second-order valence-corrected chi connectivity index (χ2v) is 3.31. The Hall–Kier alpha value is -1.78. The van der Waals surface area contributed by atoms with Gasteiger partial charge in [-0.2, -0.15) is 13.2 Å². The van der Waals surface area contributed by atoms with Crippen molar-refractivity contribution in [3.63, 3.8) is 0 Å². The first-order valence-corrected chi connectivity index (χ1v) is 4.45. The molecular formula is C11H10F3NO. The van der Waals surface area contributed by atoms with Gasteiger partial charge in [-0.05, 0) is 25.1 Å². The lowest BCUT2D eigenvalue weighted by Crippen LogP contribution is -2.21. The highest BCUT2D eigenvalue weighted by atomic mass is 19.4. The van der Waals surface area contributed by atoms with Crippen LogP contribution in [-0.4, -0.2) is 5.91 Å². The number of carbonyl (C=O) groups is 1. The molecule has 16 heavy (non-hydrogen) atoms. The number of carbonyl (C=O) groups excluding carboxylic acids is 1. The van der Waals surface area contributed by atoms with Crippen molar-refractivity contribution in [3.05, 3.63) is 47.7 Å². The minimum atomic E-state index is -4.44. The Morgan fingerprint density at radius 3 is 2.50 bits per heavy atom. The van der Waals surface area contributed by atoms with Crippen molar-refractivity contribution in [2.45, 2.75) is 13.1 Å². The van der Waals surface area contributed by atoms with E-state index in [1.54, 1.807) is 6.92 Å². The van der Waals surface area contributed by atoms with Crippen molar-refractivity contribution in [3.8, 4) is 0 Å². The van der Waals surface area contributed by atoms with Crippen LogP contribution in [0, 0.1) is 0 Å². The predicted molar refractivity (Wildman–Crippen MR) is 53.7 cm³/mol. The molecule has 0 bridgehead atoms. The normalized spacial score (nSPS) is 11.0. The van der Waals surface area contributed by atoms with Gasteiger partial charge in [-0.15, -0.1) is 0 Å². The van der Waals surface area contributed by atoms with E-state index >= 15 is 0 Å². The molecule has 0 aliphatic rings. The van der Waals surface area contributed by atoms with Gasteiger partial charge >= 0.3 is 6.18 Å². The molecule has 0 spiro atoms. The summed E-state index contributed by atoms with van der Waals surface area (Å²) in [5.41, 5.74) is -0.512. The minimum absolute atomic E-state index is 0.0437. The summed E-state index contributed by atoms with van der Waals surface area (Å²) >= 11 is 0. The summed E-state index contributed by atoms with van der Waals surface area (Å²) in [6.07, 6.45) is -4.44. The average molecular weight is 229 g/mol. The van der Waals surface area contributed by atoms with Crippen LogP contribution >= 0.6 is 0 Å². The predicted octanol–water partition coefficient (Wildman–Crippen LogP) is 2.97. The van der Waals surface area contributed by atoms with Gasteiger partial charge in [0.25, 0.3) is 5.91 Å². The van der Waals surface area contributed by atoms with Crippen LogP contribution in [0.3, 0.4) is 0 Å². The van der Waals surface area contributed by atoms with Gasteiger partial charge in [0.1, 0.15) is 0 Å². The van der Waals surface area contributed by atoms with E-state index in [1.165, 1.54) is 12.1 Å². The maximum Gasteiger partial charge on any atom is 0.416 e. The van der Waals surface area contributed by atoms with Crippen LogP contribution in [0.1, 0.15) is 22.8 Å². The Bertz CT molecular complexity index is 423. The number of hydrogen-bond donors (Lipinski definition) is 1. The number of alkyl halides is 3. The topological polar surface area (TPSA) is 29.1 Å². The molecule has 1 amide bonds. The van der Waals surface area contributed by atoms with Crippen molar-refractivity contribution in [2.75, 3.05) is 0 Å². The number of hydrogen-bond acceptors (Lipinski definition) is 1. The van der Waals surface area contributed by atoms with Crippen molar-refractivity contribution in [1.29, 1.82) is 0 Å². The van der Waals surface area contributed by atoms with Crippen LogP contribution in [0.2, 0.25) is 0 Å². The zero-order valence-corrected chi connectivity index (χ0v) is 8.56. The van der Waals surface area contributed by atoms with Gasteiger partial charge in [-0.1, -0.05) is 12.6 Å². The fourth-order valence-electron chi connectivity index (χ4n) is 1.10. The molecule has 5 heteroatoms. The van der Waals surface area contributed by atoms with Crippen LogP contribution in [0.25, 0.3) is 0 Å². The molecular weight excluding hydrogens is 219 g/mol. The monoisotopic (exact) mass is 229 g/mol. The van der Waals surface area contributed by atoms with E-state index in [-0.39, 0.29) is 5.56 Å². The molecule has 0 aliphatic heterocycles. The second-order valence-electron chi connectivity index (χ2n) is 3.31. The number of halogens is 3. The molecule has 1 rings (SSSR count). The Balaban J connectivity index is 2.99. The van der Waals surface area contributed by atoms with E-state index in [1.807, 2.05) is 0 Å². The Labute approximate surface area is 90.8 Å². The SMILES string of the molecule is C=C(C)NC(=O)c1cccc(C(F)(F)F)c1. The lowest BCUT2D eigenvalue weighted by atomic mass is 10.1. The zero-order chi connectivity index (χ0) is 12.3.